The molecular formula is C27H29BrClN3O4S. The third-order valence-corrected chi connectivity index (χ3v) is 8.22. The number of nitrogens with zero attached hydrogens (tertiary/aromatic N) is 2. The average molecular weight is 607 g/mol. The molecule has 3 rings (SSSR count). The highest BCUT2D eigenvalue weighted by Crippen LogP contribution is 2.27. The lowest BCUT2D eigenvalue weighted by molar-refractivity contribution is -0.139. The molecule has 7 nitrogen and oxygen atoms in total. The van der Waals surface area contributed by atoms with Gasteiger partial charge in [-0.2, -0.15) is 0 Å². The summed E-state index contributed by atoms with van der Waals surface area (Å²) in [5.41, 5.74) is 1.08. The zero-order valence-electron chi connectivity index (χ0n) is 20.6. The van der Waals surface area contributed by atoms with Gasteiger partial charge in [0.1, 0.15) is 12.6 Å². The van der Waals surface area contributed by atoms with E-state index in [4.69, 9.17) is 11.6 Å². The molecule has 37 heavy (non-hydrogen) atoms. The van der Waals surface area contributed by atoms with Crippen LogP contribution in [0.4, 0.5) is 5.69 Å². The maximum atomic E-state index is 13.8. The van der Waals surface area contributed by atoms with E-state index in [2.05, 4.69) is 21.2 Å². The number of carbonyl (C=O) groups excluding carboxylic acids is 2. The fraction of sp³-hybridized carbons (Fsp3) is 0.259. The molecule has 0 aliphatic carbocycles. The molecule has 196 valence electrons. The molecule has 0 aliphatic heterocycles. The monoisotopic (exact) mass is 605 g/mol. The maximum Gasteiger partial charge on any atom is 0.264 e. The van der Waals surface area contributed by atoms with E-state index >= 15 is 0 Å². The van der Waals surface area contributed by atoms with Gasteiger partial charge in [0.25, 0.3) is 10.0 Å². The number of hydrogen-bond acceptors (Lipinski definition) is 4. The Morgan fingerprint density at radius 1 is 1.00 bits per heavy atom. The lowest BCUT2D eigenvalue weighted by Gasteiger charge is -2.32. The molecule has 0 radical (unpaired) electrons. The zero-order chi connectivity index (χ0) is 27.0. The van der Waals surface area contributed by atoms with Crippen molar-refractivity contribution in [2.24, 2.45) is 0 Å². The second-order valence-electron chi connectivity index (χ2n) is 8.42. The highest BCUT2D eigenvalue weighted by Gasteiger charge is 2.32. The van der Waals surface area contributed by atoms with E-state index in [-0.39, 0.29) is 17.3 Å². The van der Waals surface area contributed by atoms with Crippen molar-refractivity contribution >= 4 is 55.1 Å². The SMILES string of the molecule is CCCNC(=O)[C@H](C)N(Cc1ccc(Cl)cc1)C(=O)CN(c1cccc(Br)c1)S(=O)(=O)c1ccccc1. The Kier molecular flexibility index (Phi) is 10.1. The van der Waals surface area contributed by atoms with Gasteiger partial charge in [0, 0.05) is 22.6 Å². The van der Waals surface area contributed by atoms with Gasteiger partial charge in [-0.05, 0) is 61.4 Å². The van der Waals surface area contributed by atoms with Gasteiger partial charge in [-0.3, -0.25) is 13.9 Å². The van der Waals surface area contributed by atoms with E-state index in [0.717, 1.165) is 16.3 Å². The molecule has 1 atom stereocenters. The summed E-state index contributed by atoms with van der Waals surface area (Å²) in [5.74, 6) is -0.835. The fourth-order valence-electron chi connectivity index (χ4n) is 3.64. The van der Waals surface area contributed by atoms with Gasteiger partial charge < -0.3 is 10.2 Å². The van der Waals surface area contributed by atoms with Crippen LogP contribution in [0, 0.1) is 0 Å². The van der Waals surface area contributed by atoms with E-state index in [1.54, 1.807) is 73.7 Å². The van der Waals surface area contributed by atoms with E-state index in [1.165, 1.54) is 17.0 Å². The largest absolute Gasteiger partial charge is 0.354 e. The number of nitrogens with one attached hydrogen (secondary N) is 1. The number of hydrogen-bond donors (Lipinski definition) is 1. The number of anilines is 1. The molecule has 0 spiro atoms. The smallest absolute Gasteiger partial charge is 0.264 e. The van der Waals surface area contributed by atoms with Gasteiger partial charge in [-0.25, -0.2) is 8.42 Å². The topological polar surface area (TPSA) is 86.8 Å². The molecule has 3 aromatic rings. The normalized spacial score (nSPS) is 12.0. The van der Waals surface area contributed by atoms with Gasteiger partial charge in [0.2, 0.25) is 11.8 Å². The standard InChI is InChI=1S/C27H29BrClN3O4S/c1-3-16-30-27(34)20(2)31(18-21-12-14-23(29)15-13-21)26(33)19-32(24-9-7-8-22(28)17-24)37(35,36)25-10-5-4-6-11-25/h4-15,17,20H,3,16,18-19H2,1-2H3,(H,30,34)/t20-/m0/s1. The molecule has 0 aromatic heterocycles. The third-order valence-electron chi connectivity index (χ3n) is 5.69. The molecule has 10 heteroatoms. The van der Waals surface area contributed by atoms with Crippen LogP contribution < -0.4 is 9.62 Å². The predicted octanol–water partition coefficient (Wildman–Crippen LogP) is 5.24. The number of halogens is 2. The fourth-order valence-corrected chi connectivity index (χ4v) is 5.58. The lowest BCUT2D eigenvalue weighted by Crippen LogP contribution is -2.51. The summed E-state index contributed by atoms with van der Waals surface area (Å²) in [4.78, 5) is 28.1. The minimum absolute atomic E-state index is 0.0563. The molecule has 0 bridgehead atoms. The number of rotatable bonds is 11. The summed E-state index contributed by atoms with van der Waals surface area (Å²) in [6.45, 7) is 3.65. The summed E-state index contributed by atoms with van der Waals surface area (Å²) in [5, 5.41) is 3.37. The van der Waals surface area contributed by atoms with Crippen LogP contribution in [0.15, 0.2) is 88.2 Å². The molecule has 0 aliphatic rings. The molecule has 0 heterocycles. The first-order valence-electron chi connectivity index (χ1n) is 11.8. The Bertz CT molecular complexity index is 1320. The van der Waals surface area contributed by atoms with E-state index in [0.29, 0.717) is 21.7 Å². The second kappa shape index (κ2) is 13.1. The molecule has 3 aromatic carbocycles. The van der Waals surface area contributed by atoms with Crippen LogP contribution in [0.2, 0.25) is 5.02 Å². The Balaban J connectivity index is 2.00. The van der Waals surface area contributed by atoms with Gasteiger partial charge in [-0.1, -0.05) is 70.9 Å². The van der Waals surface area contributed by atoms with E-state index < -0.39 is 28.5 Å². The van der Waals surface area contributed by atoms with Crippen molar-refractivity contribution in [3.8, 4) is 0 Å². The minimum atomic E-state index is -4.09. The Morgan fingerprint density at radius 2 is 1.68 bits per heavy atom. The molecule has 1 N–H and O–H groups in total. The van der Waals surface area contributed by atoms with Crippen LogP contribution in [0.1, 0.15) is 25.8 Å². The minimum Gasteiger partial charge on any atom is -0.354 e. The Labute approximate surface area is 231 Å². The van der Waals surface area contributed by atoms with Crippen molar-refractivity contribution in [1.82, 2.24) is 10.2 Å². The van der Waals surface area contributed by atoms with Gasteiger partial charge in [-0.15, -0.1) is 0 Å². The van der Waals surface area contributed by atoms with Crippen molar-refractivity contribution in [2.45, 2.75) is 37.8 Å². The molecule has 0 saturated carbocycles. The molecular weight excluding hydrogens is 578 g/mol. The number of carbonyl (C=O) groups is 2. The van der Waals surface area contributed by atoms with E-state index in [9.17, 15) is 18.0 Å². The third kappa shape index (κ3) is 7.56. The summed E-state index contributed by atoms with van der Waals surface area (Å²) < 4.78 is 29.1. The summed E-state index contributed by atoms with van der Waals surface area (Å²) in [6.07, 6.45) is 0.746. The first kappa shape index (κ1) is 28.7. The lowest BCUT2D eigenvalue weighted by atomic mass is 10.1. The van der Waals surface area contributed by atoms with Crippen LogP contribution in [0.5, 0.6) is 0 Å². The average Bonchev–Trinajstić information content (AvgIpc) is 2.89. The summed E-state index contributed by atoms with van der Waals surface area (Å²) in [7, 11) is -4.09. The van der Waals surface area contributed by atoms with Crippen molar-refractivity contribution < 1.29 is 18.0 Å². The first-order valence-corrected chi connectivity index (χ1v) is 14.4. The van der Waals surface area contributed by atoms with Crippen molar-refractivity contribution in [3.63, 3.8) is 0 Å². The highest BCUT2D eigenvalue weighted by molar-refractivity contribution is 9.10. The van der Waals surface area contributed by atoms with Crippen LogP contribution in [-0.2, 0) is 26.2 Å². The quantitative estimate of drug-likeness (QED) is 0.323. The summed E-state index contributed by atoms with van der Waals surface area (Å²) >= 11 is 9.40. The number of sulfonamides is 1. The van der Waals surface area contributed by atoms with Crippen molar-refractivity contribution in [2.75, 3.05) is 17.4 Å². The van der Waals surface area contributed by atoms with Crippen LogP contribution in [0.3, 0.4) is 0 Å². The molecule has 0 fully saturated rings. The second-order valence-corrected chi connectivity index (χ2v) is 11.6. The predicted molar refractivity (Wildman–Crippen MR) is 150 cm³/mol. The number of benzene rings is 3. The zero-order valence-corrected chi connectivity index (χ0v) is 23.8. The van der Waals surface area contributed by atoms with Crippen LogP contribution >= 0.6 is 27.5 Å². The molecule has 0 unspecified atom stereocenters. The van der Waals surface area contributed by atoms with Crippen LogP contribution in [0.25, 0.3) is 0 Å². The number of amides is 2. The maximum absolute atomic E-state index is 13.8. The highest BCUT2D eigenvalue weighted by atomic mass is 79.9. The van der Waals surface area contributed by atoms with Gasteiger partial charge in [0.15, 0.2) is 0 Å². The van der Waals surface area contributed by atoms with Crippen molar-refractivity contribution in [1.29, 1.82) is 0 Å². The van der Waals surface area contributed by atoms with Gasteiger partial charge in [0.05, 0.1) is 10.6 Å². The van der Waals surface area contributed by atoms with Crippen LogP contribution in [-0.4, -0.2) is 44.3 Å². The first-order chi connectivity index (χ1) is 17.6. The summed E-state index contributed by atoms with van der Waals surface area (Å²) in [6, 6.07) is 20.8. The molecule has 0 saturated heterocycles. The van der Waals surface area contributed by atoms with E-state index in [1.807, 2.05) is 6.92 Å². The Morgan fingerprint density at radius 3 is 2.30 bits per heavy atom. The molecule has 2 amide bonds. The Hall–Kier alpha value is -2.88. The van der Waals surface area contributed by atoms with Gasteiger partial charge >= 0.3 is 0 Å². The van der Waals surface area contributed by atoms with Crippen molar-refractivity contribution in [3.05, 3.63) is 93.9 Å².